The molecule has 1 atom stereocenters. The number of nitrogens with zero attached hydrogens (tertiary/aromatic N) is 1. The summed E-state index contributed by atoms with van der Waals surface area (Å²) >= 11 is 3.32. The first-order valence-electron chi connectivity index (χ1n) is 7.38. The molecule has 0 bridgehead atoms. The van der Waals surface area contributed by atoms with Crippen molar-refractivity contribution in [3.63, 3.8) is 0 Å². The molecule has 2 nitrogen and oxygen atoms in total. The molecule has 2 aliphatic rings. The first-order chi connectivity index (χ1) is 9.45. The van der Waals surface area contributed by atoms with Crippen LogP contribution in [0.3, 0.4) is 0 Å². The summed E-state index contributed by atoms with van der Waals surface area (Å²) in [7, 11) is 0. The number of piperazine rings is 1. The van der Waals surface area contributed by atoms with Gasteiger partial charge in [0, 0.05) is 41.3 Å². The molecule has 20 heavy (non-hydrogen) atoms. The third-order valence-electron chi connectivity index (χ3n) is 4.64. The van der Waals surface area contributed by atoms with E-state index in [1.54, 1.807) is 6.07 Å². The van der Waals surface area contributed by atoms with Gasteiger partial charge in [0.2, 0.25) is 0 Å². The van der Waals surface area contributed by atoms with Gasteiger partial charge < -0.3 is 5.32 Å². The summed E-state index contributed by atoms with van der Waals surface area (Å²) in [5.74, 6) is 0.722. The van der Waals surface area contributed by atoms with Crippen LogP contribution in [-0.2, 0) is 6.54 Å². The van der Waals surface area contributed by atoms with Gasteiger partial charge in [0.1, 0.15) is 5.82 Å². The van der Waals surface area contributed by atoms with E-state index in [1.807, 2.05) is 12.1 Å². The highest BCUT2D eigenvalue weighted by Gasteiger charge is 2.40. The van der Waals surface area contributed by atoms with Crippen LogP contribution in [0.2, 0.25) is 0 Å². The van der Waals surface area contributed by atoms with Gasteiger partial charge in [0.15, 0.2) is 0 Å². The van der Waals surface area contributed by atoms with Crippen LogP contribution in [0.4, 0.5) is 4.39 Å². The summed E-state index contributed by atoms with van der Waals surface area (Å²) in [6, 6.07) is 5.96. The lowest BCUT2D eigenvalue weighted by atomic mass is 9.95. The number of benzene rings is 1. The molecule has 0 radical (unpaired) electrons. The molecule has 1 aromatic rings. The van der Waals surface area contributed by atoms with E-state index < -0.39 is 0 Å². The van der Waals surface area contributed by atoms with Crippen LogP contribution in [0.25, 0.3) is 0 Å². The molecule has 1 heterocycles. The first-order valence-corrected chi connectivity index (χ1v) is 8.17. The Morgan fingerprint density at radius 3 is 2.80 bits per heavy atom. The third kappa shape index (κ3) is 3.07. The van der Waals surface area contributed by atoms with Gasteiger partial charge in [-0.15, -0.1) is 0 Å². The Labute approximate surface area is 128 Å². The van der Waals surface area contributed by atoms with E-state index in [0.717, 1.165) is 29.0 Å². The molecule has 0 spiro atoms. The van der Waals surface area contributed by atoms with Crippen molar-refractivity contribution in [1.29, 1.82) is 0 Å². The summed E-state index contributed by atoms with van der Waals surface area (Å²) in [5.41, 5.74) is 0.864. The van der Waals surface area contributed by atoms with Gasteiger partial charge in [-0.25, -0.2) is 4.39 Å². The van der Waals surface area contributed by atoms with E-state index in [-0.39, 0.29) is 11.4 Å². The van der Waals surface area contributed by atoms with E-state index >= 15 is 0 Å². The van der Waals surface area contributed by atoms with Crippen molar-refractivity contribution < 1.29 is 4.39 Å². The van der Waals surface area contributed by atoms with Crippen molar-refractivity contribution in [2.75, 3.05) is 13.1 Å². The average molecular weight is 341 g/mol. The molecule has 2 fully saturated rings. The number of hydrogen-bond donors (Lipinski definition) is 1. The zero-order valence-electron chi connectivity index (χ0n) is 12.1. The maximum absolute atomic E-state index is 14.1. The summed E-state index contributed by atoms with van der Waals surface area (Å²) in [5, 5.41) is 3.67. The maximum atomic E-state index is 14.1. The minimum absolute atomic E-state index is 0.0743. The Morgan fingerprint density at radius 1 is 1.40 bits per heavy atom. The van der Waals surface area contributed by atoms with E-state index in [2.05, 4.69) is 40.0 Å². The lowest BCUT2D eigenvalue weighted by molar-refractivity contribution is 0.0524. The highest BCUT2D eigenvalue weighted by Crippen LogP contribution is 2.36. The average Bonchev–Trinajstić information content (AvgIpc) is 3.19. The number of nitrogens with one attached hydrogen (secondary N) is 1. The van der Waals surface area contributed by atoms with Gasteiger partial charge >= 0.3 is 0 Å². The SMILES string of the molecule is CC1(C)CNC(C2CC2)CN1Cc1ccc(Br)cc1F. The molecule has 1 saturated carbocycles. The molecule has 1 N–H and O–H groups in total. The monoisotopic (exact) mass is 340 g/mol. The Kier molecular flexibility index (Phi) is 3.91. The molecule has 1 aliphatic carbocycles. The molecule has 0 amide bonds. The number of halogens is 2. The van der Waals surface area contributed by atoms with Crippen molar-refractivity contribution >= 4 is 15.9 Å². The van der Waals surface area contributed by atoms with Gasteiger partial charge in [-0.2, -0.15) is 0 Å². The van der Waals surface area contributed by atoms with Crippen molar-refractivity contribution in [3.05, 3.63) is 34.1 Å². The zero-order chi connectivity index (χ0) is 14.3. The minimum atomic E-state index is -0.114. The van der Waals surface area contributed by atoms with Crippen molar-refractivity contribution in [3.8, 4) is 0 Å². The highest BCUT2D eigenvalue weighted by atomic mass is 79.9. The largest absolute Gasteiger partial charge is 0.311 e. The van der Waals surface area contributed by atoms with Crippen LogP contribution in [0, 0.1) is 11.7 Å². The lowest BCUT2D eigenvalue weighted by Gasteiger charge is -2.46. The van der Waals surface area contributed by atoms with Crippen molar-refractivity contribution in [1.82, 2.24) is 10.2 Å². The molecular weight excluding hydrogens is 319 g/mol. The molecule has 1 aromatic carbocycles. The second-order valence-electron chi connectivity index (χ2n) is 6.75. The van der Waals surface area contributed by atoms with E-state index in [0.29, 0.717) is 12.6 Å². The smallest absolute Gasteiger partial charge is 0.128 e. The van der Waals surface area contributed by atoms with Crippen LogP contribution in [0.5, 0.6) is 0 Å². The molecule has 0 aromatic heterocycles. The minimum Gasteiger partial charge on any atom is -0.311 e. The fraction of sp³-hybridized carbons (Fsp3) is 0.625. The summed E-state index contributed by atoms with van der Waals surface area (Å²) in [4.78, 5) is 2.43. The number of hydrogen-bond acceptors (Lipinski definition) is 2. The second kappa shape index (κ2) is 5.39. The Bertz CT molecular complexity index is 499. The fourth-order valence-electron chi connectivity index (χ4n) is 2.99. The Balaban J connectivity index is 1.75. The fourth-order valence-corrected chi connectivity index (χ4v) is 3.32. The van der Waals surface area contributed by atoms with Gasteiger partial charge in [-0.3, -0.25) is 4.90 Å². The Morgan fingerprint density at radius 2 is 2.15 bits per heavy atom. The van der Waals surface area contributed by atoms with Crippen LogP contribution in [0.1, 0.15) is 32.3 Å². The lowest BCUT2D eigenvalue weighted by Crippen LogP contribution is -2.62. The maximum Gasteiger partial charge on any atom is 0.128 e. The van der Waals surface area contributed by atoms with E-state index in [9.17, 15) is 4.39 Å². The van der Waals surface area contributed by atoms with Crippen LogP contribution in [0.15, 0.2) is 22.7 Å². The summed E-state index contributed by atoms with van der Waals surface area (Å²) in [6.07, 6.45) is 2.69. The highest BCUT2D eigenvalue weighted by molar-refractivity contribution is 9.10. The van der Waals surface area contributed by atoms with Crippen molar-refractivity contribution in [2.45, 2.75) is 44.8 Å². The molecule has 1 unspecified atom stereocenters. The summed E-state index contributed by atoms with van der Waals surface area (Å²) < 4.78 is 14.9. The normalized spacial score (nSPS) is 26.7. The number of rotatable bonds is 3. The Hall–Kier alpha value is -0.450. The van der Waals surface area contributed by atoms with Crippen LogP contribution >= 0.6 is 15.9 Å². The van der Waals surface area contributed by atoms with Crippen LogP contribution < -0.4 is 5.32 Å². The summed E-state index contributed by atoms with van der Waals surface area (Å²) in [6.45, 7) is 7.16. The quantitative estimate of drug-likeness (QED) is 0.905. The first kappa shape index (κ1) is 14.5. The topological polar surface area (TPSA) is 15.3 Å². The van der Waals surface area contributed by atoms with E-state index in [4.69, 9.17) is 0 Å². The van der Waals surface area contributed by atoms with Gasteiger partial charge in [-0.05, 0) is 44.7 Å². The van der Waals surface area contributed by atoms with Crippen LogP contribution in [-0.4, -0.2) is 29.6 Å². The molecule has 1 aliphatic heterocycles. The molecule has 3 rings (SSSR count). The van der Waals surface area contributed by atoms with E-state index in [1.165, 1.54) is 12.8 Å². The van der Waals surface area contributed by atoms with Gasteiger partial charge in [-0.1, -0.05) is 22.0 Å². The van der Waals surface area contributed by atoms with Gasteiger partial charge in [0.05, 0.1) is 0 Å². The zero-order valence-corrected chi connectivity index (χ0v) is 13.7. The molecular formula is C16H22BrFN2. The molecule has 1 saturated heterocycles. The predicted octanol–water partition coefficient (Wildman–Crippen LogP) is 3.55. The third-order valence-corrected chi connectivity index (χ3v) is 5.13. The van der Waals surface area contributed by atoms with Crippen molar-refractivity contribution in [2.24, 2.45) is 5.92 Å². The second-order valence-corrected chi connectivity index (χ2v) is 7.67. The molecule has 110 valence electrons. The standard InChI is InChI=1S/C16H22BrFN2/c1-16(2)10-19-15(11-3-4-11)9-20(16)8-12-5-6-13(17)7-14(12)18/h5-7,11,15,19H,3-4,8-10H2,1-2H3. The van der Waals surface area contributed by atoms with Gasteiger partial charge in [0.25, 0.3) is 0 Å². The predicted molar refractivity (Wildman–Crippen MR) is 83.1 cm³/mol. The molecule has 4 heteroatoms.